The number of aromatic nitrogens is 4. The third-order valence-corrected chi connectivity index (χ3v) is 1.96. The highest BCUT2D eigenvalue weighted by atomic mass is 16.1. The van der Waals surface area contributed by atoms with E-state index in [2.05, 4.69) is 19.9 Å². The topological polar surface area (TPSA) is 71.5 Å². The van der Waals surface area contributed by atoms with Crippen molar-refractivity contribution in [2.45, 2.75) is 13.3 Å². The van der Waals surface area contributed by atoms with E-state index in [1.54, 1.807) is 18.6 Å². The highest BCUT2D eigenvalue weighted by Crippen LogP contribution is 2.07. The number of hydrogen-bond donors (Lipinski definition) is 1. The monoisotopic (exact) mass is 202 g/mol. The van der Waals surface area contributed by atoms with Gasteiger partial charge in [0.1, 0.15) is 5.69 Å². The van der Waals surface area contributed by atoms with E-state index in [-0.39, 0.29) is 5.56 Å². The first kappa shape index (κ1) is 9.51. The molecule has 0 radical (unpaired) electrons. The van der Waals surface area contributed by atoms with Gasteiger partial charge in [0.2, 0.25) is 0 Å². The van der Waals surface area contributed by atoms with Gasteiger partial charge in [-0.25, -0.2) is 9.97 Å². The summed E-state index contributed by atoms with van der Waals surface area (Å²) < 4.78 is 0. The summed E-state index contributed by atoms with van der Waals surface area (Å²) in [5.41, 5.74) is 1.16. The first-order valence-electron chi connectivity index (χ1n) is 4.66. The molecule has 0 spiro atoms. The van der Waals surface area contributed by atoms with Crippen molar-refractivity contribution in [2.24, 2.45) is 0 Å². The predicted octanol–water partition coefficient (Wildman–Crippen LogP) is 0.789. The fourth-order valence-electron chi connectivity index (χ4n) is 1.23. The number of aromatic amines is 1. The van der Waals surface area contributed by atoms with Crippen LogP contribution in [0.3, 0.4) is 0 Å². The summed E-state index contributed by atoms with van der Waals surface area (Å²) >= 11 is 0. The van der Waals surface area contributed by atoms with Gasteiger partial charge in [0.05, 0.1) is 6.20 Å². The van der Waals surface area contributed by atoms with Gasteiger partial charge >= 0.3 is 0 Å². The SMILES string of the molecule is CCc1cc(=O)[nH]c(-c2cnccn2)n1. The number of rotatable bonds is 2. The van der Waals surface area contributed by atoms with E-state index in [0.717, 1.165) is 12.1 Å². The molecule has 5 heteroatoms. The molecule has 0 fully saturated rings. The van der Waals surface area contributed by atoms with Gasteiger partial charge in [-0.1, -0.05) is 6.92 Å². The van der Waals surface area contributed by atoms with Gasteiger partial charge in [-0.3, -0.25) is 9.78 Å². The summed E-state index contributed by atoms with van der Waals surface area (Å²) in [6, 6.07) is 1.49. The molecule has 0 saturated heterocycles. The summed E-state index contributed by atoms with van der Waals surface area (Å²) in [6.45, 7) is 1.95. The number of hydrogen-bond acceptors (Lipinski definition) is 4. The molecular weight excluding hydrogens is 192 g/mol. The van der Waals surface area contributed by atoms with Gasteiger partial charge in [-0.2, -0.15) is 0 Å². The van der Waals surface area contributed by atoms with E-state index in [1.807, 2.05) is 6.92 Å². The second-order valence-corrected chi connectivity index (χ2v) is 3.03. The van der Waals surface area contributed by atoms with Crippen LogP contribution < -0.4 is 5.56 Å². The zero-order valence-corrected chi connectivity index (χ0v) is 8.27. The van der Waals surface area contributed by atoms with E-state index >= 15 is 0 Å². The van der Waals surface area contributed by atoms with Crippen molar-refractivity contribution >= 4 is 0 Å². The molecule has 15 heavy (non-hydrogen) atoms. The average Bonchev–Trinajstić information content (AvgIpc) is 2.29. The maximum absolute atomic E-state index is 11.3. The van der Waals surface area contributed by atoms with Crippen LogP contribution >= 0.6 is 0 Å². The van der Waals surface area contributed by atoms with Gasteiger partial charge in [-0.15, -0.1) is 0 Å². The van der Waals surface area contributed by atoms with Gasteiger partial charge in [0, 0.05) is 24.2 Å². The second-order valence-electron chi connectivity index (χ2n) is 3.03. The average molecular weight is 202 g/mol. The van der Waals surface area contributed by atoms with Crippen molar-refractivity contribution in [2.75, 3.05) is 0 Å². The van der Waals surface area contributed by atoms with Crippen molar-refractivity contribution in [1.29, 1.82) is 0 Å². The standard InChI is InChI=1S/C10H10N4O/c1-2-7-5-9(15)14-10(13-7)8-6-11-3-4-12-8/h3-6H,2H2,1H3,(H,13,14,15). The largest absolute Gasteiger partial charge is 0.305 e. The molecule has 0 aliphatic heterocycles. The number of nitrogens with zero attached hydrogens (tertiary/aromatic N) is 3. The molecule has 0 aliphatic rings. The Hall–Kier alpha value is -2.04. The molecular formula is C10H10N4O. The first-order valence-corrected chi connectivity index (χ1v) is 4.66. The van der Waals surface area contributed by atoms with Gasteiger partial charge in [-0.05, 0) is 6.42 Å². The van der Waals surface area contributed by atoms with Crippen molar-refractivity contribution in [3.8, 4) is 11.5 Å². The van der Waals surface area contributed by atoms with Crippen LogP contribution in [0.1, 0.15) is 12.6 Å². The molecule has 1 N–H and O–H groups in total. The number of nitrogens with one attached hydrogen (secondary N) is 1. The molecule has 0 aliphatic carbocycles. The minimum absolute atomic E-state index is 0.164. The van der Waals surface area contributed by atoms with Crippen LogP contribution in [0.2, 0.25) is 0 Å². The Balaban J connectivity index is 2.54. The van der Waals surface area contributed by atoms with Crippen LogP contribution in [0, 0.1) is 0 Å². The molecule has 2 aromatic heterocycles. The lowest BCUT2D eigenvalue weighted by molar-refractivity contribution is 0.976. The lowest BCUT2D eigenvalue weighted by atomic mass is 10.3. The smallest absolute Gasteiger partial charge is 0.251 e. The summed E-state index contributed by atoms with van der Waals surface area (Å²) in [7, 11) is 0. The molecule has 76 valence electrons. The summed E-state index contributed by atoms with van der Waals surface area (Å²) in [5.74, 6) is 0.465. The fourth-order valence-corrected chi connectivity index (χ4v) is 1.23. The van der Waals surface area contributed by atoms with Crippen LogP contribution in [0.15, 0.2) is 29.5 Å². The zero-order valence-electron chi connectivity index (χ0n) is 8.27. The number of H-pyrrole nitrogens is 1. The van der Waals surface area contributed by atoms with Gasteiger partial charge < -0.3 is 4.98 Å². The van der Waals surface area contributed by atoms with Crippen LogP contribution in [0.4, 0.5) is 0 Å². The molecule has 2 aromatic rings. The third kappa shape index (κ3) is 2.07. The fraction of sp³-hybridized carbons (Fsp3) is 0.200. The summed E-state index contributed by atoms with van der Waals surface area (Å²) in [6.07, 6.45) is 5.42. The Kier molecular flexibility index (Phi) is 2.53. The number of aryl methyl sites for hydroxylation is 1. The molecule has 0 atom stereocenters. The lowest BCUT2D eigenvalue weighted by Crippen LogP contribution is -2.10. The van der Waals surface area contributed by atoms with Crippen LogP contribution in [0.25, 0.3) is 11.5 Å². The Morgan fingerprint density at radius 3 is 2.93 bits per heavy atom. The molecule has 0 amide bonds. The zero-order chi connectivity index (χ0) is 10.7. The van der Waals surface area contributed by atoms with Crippen LogP contribution in [-0.4, -0.2) is 19.9 Å². The normalized spacial score (nSPS) is 10.2. The van der Waals surface area contributed by atoms with E-state index < -0.39 is 0 Å². The Morgan fingerprint density at radius 1 is 1.40 bits per heavy atom. The second kappa shape index (κ2) is 4.00. The minimum Gasteiger partial charge on any atom is -0.305 e. The van der Waals surface area contributed by atoms with Crippen LogP contribution in [-0.2, 0) is 6.42 Å². The molecule has 0 saturated carbocycles. The predicted molar refractivity (Wildman–Crippen MR) is 55.3 cm³/mol. The van der Waals surface area contributed by atoms with E-state index in [9.17, 15) is 4.79 Å². The molecule has 0 aromatic carbocycles. The summed E-state index contributed by atoms with van der Waals surface area (Å²) in [5, 5.41) is 0. The Labute approximate surface area is 86.3 Å². The van der Waals surface area contributed by atoms with Crippen molar-refractivity contribution in [1.82, 2.24) is 19.9 Å². The molecule has 0 bridgehead atoms. The van der Waals surface area contributed by atoms with E-state index in [1.165, 1.54) is 6.07 Å². The van der Waals surface area contributed by atoms with Crippen molar-refractivity contribution in [3.63, 3.8) is 0 Å². The Morgan fingerprint density at radius 2 is 2.27 bits per heavy atom. The summed E-state index contributed by atoms with van der Waals surface area (Å²) in [4.78, 5) is 26.2. The molecule has 5 nitrogen and oxygen atoms in total. The highest BCUT2D eigenvalue weighted by molar-refractivity contribution is 5.46. The minimum atomic E-state index is -0.164. The maximum Gasteiger partial charge on any atom is 0.251 e. The van der Waals surface area contributed by atoms with E-state index in [4.69, 9.17) is 0 Å². The first-order chi connectivity index (χ1) is 7.29. The molecule has 2 heterocycles. The van der Waals surface area contributed by atoms with Crippen molar-refractivity contribution < 1.29 is 0 Å². The van der Waals surface area contributed by atoms with Gasteiger partial charge in [0.25, 0.3) is 5.56 Å². The van der Waals surface area contributed by atoms with Crippen molar-refractivity contribution in [3.05, 3.63) is 40.7 Å². The quantitative estimate of drug-likeness (QED) is 0.781. The highest BCUT2D eigenvalue weighted by Gasteiger charge is 2.03. The maximum atomic E-state index is 11.3. The lowest BCUT2D eigenvalue weighted by Gasteiger charge is -2.00. The molecule has 2 rings (SSSR count). The molecule has 0 unspecified atom stereocenters. The van der Waals surface area contributed by atoms with Crippen LogP contribution in [0.5, 0.6) is 0 Å². The van der Waals surface area contributed by atoms with Gasteiger partial charge in [0.15, 0.2) is 5.82 Å². The Bertz CT molecular complexity index is 506. The third-order valence-electron chi connectivity index (χ3n) is 1.96. The van der Waals surface area contributed by atoms with E-state index in [0.29, 0.717) is 11.5 Å².